The van der Waals surface area contributed by atoms with E-state index < -0.39 is 5.97 Å². The minimum Gasteiger partial charge on any atom is -0.496 e. The van der Waals surface area contributed by atoms with Crippen LogP contribution in [-0.4, -0.2) is 25.5 Å². The average Bonchev–Trinajstić information content (AvgIpc) is 2.65. The molecule has 0 unspecified atom stereocenters. The quantitative estimate of drug-likeness (QED) is 0.480. The minimum atomic E-state index is -0.548. The summed E-state index contributed by atoms with van der Waals surface area (Å²) in [5, 5.41) is 0. The number of ether oxygens (including phenoxy) is 2. The Morgan fingerprint density at radius 1 is 1.08 bits per heavy atom. The van der Waals surface area contributed by atoms with Crippen molar-refractivity contribution in [1.82, 2.24) is 0 Å². The number of ketones is 1. The third kappa shape index (κ3) is 4.92. The Morgan fingerprint density at radius 2 is 1.72 bits per heavy atom. The molecule has 5 heteroatoms. The standard InChI is InChI=1S/C20H21BrO4/c1-4-13(2)14-5-7-15(8-6-14)18(22)12-25-20(23)16-9-10-19(24-3)17(21)11-16/h5-11,13H,4,12H2,1-3H3/t13-/m1/s1. The van der Waals surface area contributed by atoms with Gasteiger partial charge in [0.1, 0.15) is 5.75 Å². The first-order valence-electron chi connectivity index (χ1n) is 8.10. The number of halogens is 1. The fraction of sp³-hybridized carbons (Fsp3) is 0.300. The zero-order chi connectivity index (χ0) is 18.4. The van der Waals surface area contributed by atoms with Crippen LogP contribution in [0.3, 0.4) is 0 Å². The smallest absolute Gasteiger partial charge is 0.338 e. The van der Waals surface area contributed by atoms with Gasteiger partial charge in [-0.1, -0.05) is 38.1 Å². The van der Waals surface area contributed by atoms with Crippen molar-refractivity contribution in [2.75, 3.05) is 13.7 Å². The van der Waals surface area contributed by atoms with Gasteiger partial charge in [0.25, 0.3) is 0 Å². The number of hydrogen-bond acceptors (Lipinski definition) is 4. The second-order valence-corrected chi connectivity index (χ2v) is 6.63. The minimum absolute atomic E-state index is 0.225. The summed E-state index contributed by atoms with van der Waals surface area (Å²) < 4.78 is 10.9. The Morgan fingerprint density at radius 3 is 2.28 bits per heavy atom. The van der Waals surface area contributed by atoms with Gasteiger partial charge in [-0.15, -0.1) is 0 Å². The van der Waals surface area contributed by atoms with E-state index in [9.17, 15) is 9.59 Å². The number of benzene rings is 2. The van der Waals surface area contributed by atoms with E-state index in [-0.39, 0.29) is 12.4 Å². The first kappa shape index (κ1) is 19.2. The van der Waals surface area contributed by atoms with E-state index in [1.807, 2.05) is 12.1 Å². The van der Waals surface area contributed by atoms with Crippen LogP contribution in [0.2, 0.25) is 0 Å². The maximum absolute atomic E-state index is 12.2. The summed E-state index contributed by atoms with van der Waals surface area (Å²) in [7, 11) is 1.54. The number of carbonyl (C=O) groups excluding carboxylic acids is 2. The van der Waals surface area contributed by atoms with Crippen LogP contribution < -0.4 is 4.74 Å². The molecule has 25 heavy (non-hydrogen) atoms. The van der Waals surface area contributed by atoms with Gasteiger partial charge in [-0.05, 0) is 52.0 Å². The third-order valence-electron chi connectivity index (χ3n) is 4.14. The van der Waals surface area contributed by atoms with Crippen LogP contribution in [0.25, 0.3) is 0 Å². The molecule has 0 heterocycles. The van der Waals surface area contributed by atoms with Gasteiger partial charge in [0, 0.05) is 5.56 Å². The number of carbonyl (C=O) groups is 2. The Balaban J connectivity index is 1.97. The molecule has 132 valence electrons. The molecule has 0 aromatic heterocycles. The van der Waals surface area contributed by atoms with E-state index >= 15 is 0 Å². The highest BCUT2D eigenvalue weighted by Gasteiger charge is 2.14. The highest BCUT2D eigenvalue weighted by atomic mass is 79.9. The van der Waals surface area contributed by atoms with Crippen LogP contribution >= 0.6 is 15.9 Å². The molecule has 2 rings (SSSR count). The van der Waals surface area contributed by atoms with Crippen LogP contribution in [-0.2, 0) is 4.74 Å². The van der Waals surface area contributed by atoms with Gasteiger partial charge in [0.15, 0.2) is 12.4 Å². The normalized spacial score (nSPS) is 11.7. The van der Waals surface area contributed by atoms with E-state index in [0.29, 0.717) is 27.3 Å². The maximum Gasteiger partial charge on any atom is 0.338 e. The van der Waals surface area contributed by atoms with Crippen LogP contribution in [0.15, 0.2) is 46.9 Å². The van der Waals surface area contributed by atoms with Gasteiger partial charge in [-0.3, -0.25) is 4.79 Å². The van der Waals surface area contributed by atoms with Crippen LogP contribution in [0, 0.1) is 0 Å². The Kier molecular flexibility index (Phi) is 6.76. The van der Waals surface area contributed by atoms with Crippen molar-refractivity contribution < 1.29 is 19.1 Å². The van der Waals surface area contributed by atoms with E-state index in [1.165, 1.54) is 5.56 Å². The molecule has 0 bridgehead atoms. The lowest BCUT2D eigenvalue weighted by atomic mass is 9.97. The third-order valence-corrected chi connectivity index (χ3v) is 4.76. The number of esters is 1. The summed E-state index contributed by atoms with van der Waals surface area (Å²) >= 11 is 3.32. The van der Waals surface area contributed by atoms with Gasteiger partial charge >= 0.3 is 5.97 Å². The summed E-state index contributed by atoms with van der Waals surface area (Å²) in [6.07, 6.45) is 1.04. The van der Waals surface area contributed by atoms with Gasteiger partial charge in [-0.2, -0.15) is 0 Å². The molecule has 0 amide bonds. The number of rotatable bonds is 7. The second-order valence-electron chi connectivity index (χ2n) is 5.78. The van der Waals surface area contributed by atoms with Crippen molar-refractivity contribution in [3.8, 4) is 5.75 Å². The van der Waals surface area contributed by atoms with E-state index in [0.717, 1.165) is 6.42 Å². The van der Waals surface area contributed by atoms with Gasteiger partial charge in [-0.25, -0.2) is 4.79 Å². The van der Waals surface area contributed by atoms with Crippen molar-refractivity contribution in [1.29, 1.82) is 0 Å². The molecule has 0 saturated heterocycles. The molecule has 0 N–H and O–H groups in total. The van der Waals surface area contributed by atoms with Crippen molar-refractivity contribution in [3.63, 3.8) is 0 Å². The van der Waals surface area contributed by atoms with E-state index in [2.05, 4.69) is 29.8 Å². The van der Waals surface area contributed by atoms with Crippen molar-refractivity contribution in [2.45, 2.75) is 26.2 Å². The monoisotopic (exact) mass is 404 g/mol. The van der Waals surface area contributed by atoms with Crippen LogP contribution in [0.5, 0.6) is 5.75 Å². The highest BCUT2D eigenvalue weighted by Crippen LogP contribution is 2.25. The summed E-state index contributed by atoms with van der Waals surface area (Å²) in [5.41, 5.74) is 2.09. The summed E-state index contributed by atoms with van der Waals surface area (Å²) in [4.78, 5) is 24.3. The zero-order valence-corrected chi connectivity index (χ0v) is 16.1. The molecule has 0 aliphatic carbocycles. The predicted molar refractivity (Wildman–Crippen MR) is 100 cm³/mol. The largest absolute Gasteiger partial charge is 0.496 e. The number of hydrogen-bond donors (Lipinski definition) is 0. The lowest BCUT2D eigenvalue weighted by Gasteiger charge is -2.10. The maximum atomic E-state index is 12.2. The first-order chi connectivity index (χ1) is 12.0. The molecular weight excluding hydrogens is 384 g/mol. The number of Topliss-reactive ketones (excluding diaryl/α,β-unsaturated/α-hetero) is 1. The molecule has 4 nitrogen and oxygen atoms in total. The molecule has 0 spiro atoms. The lowest BCUT2D eigenvalue weighted by Crippen LogP contribution is -2.14. The Hall–Kier alpha value is -2.14. The van der Waals surface area contributed by atoms with E-state index in [1.54, 1.807) is 37.4 Å². The SMILES string of the molecule is CC[C@@H](C)c1ccc(C(=O)COC(=O)c2ccc(OC)c(Br)c2)cc1. The zero-order valence-electron chi connectivity index (χ0n) is 14.5. The van der Waals surface area contributed by atoms with Crippen LogP contribution in [0.4, 0.5) is 0 Å². The van der Waals surface area contributed by atoms with Crippen LogP contribution in [0.1, 0.15) is 52.5 Å². The summed E-state index contributed by atoms with van der Waals surface area (Å²) in [5.74, 6) is 0.300. The Labute approximate surface area is 156 Å². The highest BCUT2D eigenvalue weighted by molar-refractivity contribution is 9.10. The molecule has 0 aliphatic heterocycles. The molecular formula is C20H21BrO4. The summed E-state index contributed by atoms with van der Waals surface area (Å²) in [6.45, 7) is 3.98. The van der Waals surface area contributed by atoms with Gasteiger partial charge in [0.05, 0.1) is 17.1 Å². The fourth-order valence-electron chi connectivity index (χ4n) is 2.32. The Bertz CT molecular complexity index is 753. The topological polar surface area (TPSA) is 52.6 Å². The molecule has 0 radical (unpaired) electrons. The molecule has 2 aromatic carbocycles. The molecule has 1 atom stereocenters. The van der Waals surface area contributed by atoms with Gasteiger partial charge in [0.2, 0.25) is 0 Å². The molecule has 0 saturated carbocycles. The fourth-order valence-corrected chi connectivity index (χ4v) is 2.87. The molecule has 0 fully saturated rings. The lowest BCUT2D eigenvalue weighted by molar-refractivity contribution is 0.0474. The predicted octanol–water partition coefficient (Wildman–Crippen LogP) is 5.01. The first-order valence-corrected chi connectivity index (χ1v) is 8.89. The average molecular weight is 405 g/mol. The van der Waals surface area contributed by atoms with Crippen molar-refractivity contribution in [2.24, 2.45) is 0 Å². The van der Waals surface area contributed by atoms with Gasteiger partial charge < -0.3 is 9.47 Å². The van der Waals surface area contributed by atoms with E-state index in [4.69, 9.17) is 9.47 Å². The second kappa shape index (κ2) is 8.81. The molecule has 0 aliphatic rings. The van der Waals surface area contributed by atoms with Crippen molar-refractivity contribution >= 4 is 27.7 Å². The van der Waals surface area contributed by atoms with Crippen molar-refractivity contribution in [3.05, 3.63) is 63.6 Å². The summed E-state index contributed by atoms with van der Waals surface area (Å²) in [6, 6.07) is 12.3. The molecule has 2 aromatic rings. The number of methoxy groups -OCH3 is 1.